The molecule has 0 aliphatic carbocycles. The van der Waals surface area contributed by atoms with Gasteiger partial charge >= 0.3 is 0 Å². The zero-order valence-corrected chi connectivity index (χ0v) is 11.9. The fraction of sp³-hybridized carbons (Fsp3) is 0.125. The highest BCUT2D eigenvalue weighted by atomic mass is 35.5. The maximum atomic E-state index is 12.3. The second kappa shape index (κ2) is 5.68. The topological polar surface area (TPSA) is 55.1 Å². The smallest absolute Gasteiger partial charge is 0.274 e. The van der Waals surface area contributed by atoms with Crippen molar-refractivity contribution in [2.24, 2.45) is 0 Å². The first-order chi connectivity index (χ1) is 10.2. The number of aliphatic hydroxyl groups is 1. The summed E-state index contributed by atoms with van der Waals surface area (Å²) in [7, 11) is 0. The van der Waals surface area contributed by atoms with Crippen LogP contribution >= 0.6 is 11.6 Å². The van der Waals surface area contributed by atoms with Gasteiger partial charge in [0.15, 0.2) is 0 Å². The molecule has 1 aromatic heterocycles. The number of fused-ring (bicyclic) bond motifs is 1. The van der Waals surface area contributed by atoms with Crippen LogP contribution in [0, 0.1) is 0 Å². The van der Waals surface area contributed by atoms with Crippen LogP contribution in [-0.2, 0) is 6.54 Å². The second-order valence-electron chi connectivity index (χ2n) is 4.76. The van der Waals surface area contributed by atoms with Gasteiger partial charge in [0, 0.05) is 16.0 Å². The van der Waals surface area contributed by atoms with Crippen LogP contribution in [0.1, 0.15) is 11.7 Å². The van der Waals surface area contributed by atoms with Gasteiger partial charge in [-0.15, -0.1) is 0 Å². The minimum atomic E-state index is -0.884. The molecule has 3 rings (SSSR count). The molecular formula is C16H13ClN2O2. The van der Waals surface area contributed by atoms with Crippen molar-refractivity contribution in [1.82, 2.24) is 9.78 Å². The van der Waals surface area contributed by atoms with Gasteiger partial charge in [-0.05, 0) is 12.1 Å². The summed E-state index contributed by atoms with van der Waals surface area (Å²) in [4.78, 5) is 12.3. The summed E-state index contributed by atoms with van der Waals surface area (Å²) in [5.74, 6) is 0. The van der Waals surface area contributed by atoms with E-state index in [1.54, 1.807) is 42.6 Å². The van der Waals surface area contributed by atoms with Crippen molar-refractivity contribution in [3.05, 3.63) is 75.7 Å². The van der Waals surface area contributed by atoms with Crippen LogP contribution in [0.5, 0.6) is 0 Å². The third kappa shape index (κ3) is 2.68. The Bertz CT molecular complexity index is 845. The lowest BCUT2D eigenvalue weighted by atomic mass is 10.1. The Morgan fingerprint density at radius 1 is 1.14 bits per heavy atom. The predicted octanol–water partition coefficient (Wildman–Crippen LogP) is 2.78. The maximum absolute atomic E-state index is 12.3. The standard InChI is InChI=1S/C16H13ClN2O2/c17-14-8-4-3-7-13(14)15(20)10-19-16(21)12-6-2-1-5-11(12)9-18-19/h1-9,15,20H,10H2. The number of hydrogen-bond donors (Lipinski definition) is 1. The number of aromatic nitrogens is 2. The molecule has 1 N–H and O–H groups in total. The van der Waals surface area contributed by atoms with Gasteiger partial charge in [0.2, 0.25) is 0 Å². The molecule has 1 unspecified atom stereocenters. The first-order valence-corrected chi connectivity index (χ1v) is 6.92. The van der Waals surface area contributed by atoms with Gasteiger partial charge in [0.25, 0.3) is 5.56 Å². The van der Waals surface area contributed by atoms with E-state index in [1.807, 2.05) is 12.1 Å². The number of benzene rings is 2. The van der Waals surface area contributed by atoms with Crippen LogP contribution in [0.4, 0.5) is 0 Å². The molecule has 21 heavy (non-hydrogen) atoms. The Hall–Kier alpha value is -2.17. The number of rotatable bonds is 3. The number of hydrogen-bond acceptors (Lipinski definition) is 3. The van der Waals surface area contributed by atoms with Gasteiger partial charge in [-0.3, -0.25) is 4.79 Å². The van der Waals surface area contributed by atoms with Crippen molar-refractivity contribution in [2.75, 3.05) is 0 Å². The Morgan fingerprint density at radius 2 is 1.86 bits per heavy atom. The number of halogens is 1. The molecule has 0 radical (unpaired) electrons. The van der Waals surface area contributed by atoms with Crippen molar-refractivity contribution in [2.45, 2.75) is 12.6 Å². The van der Waals surface area contributed by atoms with Crippen LogP contribution in [-0.4, -0.2) is 14.9 Å². The van der Waals surface area contributed by atoms with Gasteiger partial charge in [-0.2, -0.15) is 5.10 Å². The molecule has 2 aromatic carbocycles. The van der Waals surface area contributed by atoms with Crippen LogP contribution in [0.25, 0.3) is 10.8 Å². The number of nitrogens with zero attached hydrogens (tertiary/aromatic N) is 2. The monoisotopic (exact) mass is 300 g/mol. The summed E-state index contributed by atoms with van der Waals surface area (Å²) >= 11 is 6.05. The highest BCUT2D eigenvalue weighted by molar-refractivity contribution is 6.31. The lowest BCUT2D eigenvalue weighted by Crippen LogP contribution is -2.25. The lowest BCUT2D eigenvalue weighted by molar-refractivity contribution is 0.149. The maximum Gasteiger partial charge on any atom is 0.274 e. The molecule has 5 heteroatoms. The Balaban J connectivity index is 1.97. The molecule has 0 bridgehead atoms. The highest BCUT2D eigenvalue weighted by Crippen LogP contribution is 2.23. The lowest BCUT2D eigenvalue weighted by Gasteiger charge is -2.13. The molecule has 106 valence electrons. The number of aliphatic hydroxyl groups excluding tert-OH is 1. The van der Waals surface area contributed by atoms with Crippen LogP contribution in [0.3, 0.4) is 0 Å². The fourth-order valence-corrected chi connectivity index (χ4v) is 2.53. The second-order valence-corrected chi connectivity index (χ2v) is 5.16. The van der Waals surface area contributed by atoms with Gasteiger partial charge in [-0.1, -0.05) is 48.0 Å². The van der Waals surface area contributed by atoms with Gasteiger partial charge in [0.1, 0.15) is 6.10 Å². The van der Waals surface area contributed by atoms with Crippen molar-refractivity contribution >= 4 is 22.4 Å². The zero-order valence-electron chi connectivity index (χ0n) is 11.1. The Kier molecular flexibility index (Phi) is 3.73. The third-order valence-electron chi connectivity index (χ3n) is 3.37. The first-order valence-electron chi connectivity index (χ1n) is 6.54. The van der Waals surface area contributed by atoms with E-state index in [0.29, 0.717) is 16.0 Å². The molecule has 3 aromatic rings. The van der Waals surface area contributed by atoms with Crippen LogP contribution < -0.4 is 5.56 Å². The molecule has 0 saturated carbocycles. The summed E-state index contributed by atoms with van der Waals surface area (Å²) in [6, 6.07) is 14.3. The van der Waals surface area contributed by atoms with Crippen molar-refractivity contribution in [3.63, 3.8) is 0 Å². The molecular weight excluding hydrogens is 288 g/mol. The molecule has 1 atom stereocenters. The molecule has 0 spiro atoms. The van der Waals surface area contributed by atoms with E-state index in [4.69, 9.17) is 11.6 Å². The van der Waals surface area contributed by atoms with E-state index in [2.05, 4.69) is 5.10 Å². The van der Waals surface area contributed by atoms with Crippen LogP contribution in [0.2, 0.25) is 5.02 Å². The molecule has 0 fully saturated rings. The van der Waals surface area contributed by atoms with Crippen molar-refractivity contribution in [3.8, 4) is 0 Å². The summed E-state index contributed by atoms with van der Waals surface area (Å²) < 4.78 is 1.26. The summed E-state index contributed by atoms with van der Waals surface area (Å²) in [6.45, 7) is 0.0629. The normalized spacial score (nSPS) is 12.5. The third-order valence-corrected chi connectivity index (χ3v) is 3.72. The van der Waals surface area contributed by atoms with E-state index < -0.39 is 6.10 Å². The molecule has 1 heterocycles. The first kappa shape index (κ1) is 13.8. The minimum absolute atomic E-state index is 0.0629. The molecule has 4 nitrogen and oxygen atoms in total. The average molecular weight is 301 g/mol. The quantitative estimate of drug-likeness (QED) is 0.809. The average Bonchev–Trinajstić information content (AvgIpc) is 2.51. The molecule has 0 amide bonds. The fourth-order valence-electron chi connectivity index (χ4n) is 2.27. The summed E-state index contributed by atoms with van der Waals surface area (Å²) in [5.41, 5.74) is 0.361. The van der Waals surface area contributed by atoms with Crippen molar-refractivity contribution in [1.29, 1.82) is 0 Å². The van der Waals surface area contributed by atoms with Gasteiger partial charge in [0.05, 0.1) is 18.1 Å². The predicted molar refractivity (Wildman–Crippen MR) is 82.4 cm³/mol. The van der Waals surface area contributed by atoms with Gasteiger partial charge < -0.3 is 5.11 Å². The molecule has 0 aliphatic heterocycles. The SMILES string of the molecule is O=c1c2ccccc2cnn1CC(O)c1ccccc1Cl. The van der Waals surface area contributed by atoms with Gasteiger partial charge in [-0.25, -0.2) is 4.68 Å². The van der Waals surface area contributed by atoms with E-state index in [-0.39, 0.29) is 12.1 Å². The van der Waals surface area contributed by atoms with E-state index in [0.717, 1.165) is 5.39 Å². The highest BCUT2D eigenvalue weighted by Gasteiger charge is 2.14. The van der Waals surface area contributed by atoms with E-state index in [1.165, 1.54) is 4.68 Å². The Morgan fingerprint density at radius 3 is 2.67 bits per heavy atom. The van der Waals surface area contributed by atoms with E-state index >= 15 is 0 Å². The van der Waals surface area contributed by atoms with E-state index in [9.17, 15) is 9.90 Å². The zero-order chi connectivity index (χ0) is 14.8. The Labute approximate surface area is 126 Å². The molecule has 0 saturated heterocycles. The largest absolute Gasteiger partial charge is 0.386 e. The summed E-state index contributed by atoms with van der Waals surface area (Å²) in [6.07, 6.45) is 0.737. The van der Waals surface area contributed by atoms with Crippen LogP contribution in [0.15, 0.2) is 59.5 Å². The summed E-state index contributed by atoms with van der Waals surface area (Å²) in [5, 5.41) is 16.2. The van der Waals surface area contributed by atoms with Crippen molar-refractivity contribution < 1.29 is 5.11 Å². The minimum Gasteiger partial charge on any atom is -0.386 e. The molecule has 0 aliphatic rings.